The van der Waals surface area contributed by atoms with Gasteiger partial charge < -0.3 is 10.5 Å². The van der Waals surface area contributed by atoms with E-state index < -0.39 is 10.0 Å². The van der Waals surface area contributed by atoms with Gasteiger partial charge in [-0.2, -0.15) is 0 Å². The molecule has 106 valence electrons. The Labute approximate surface area is 118 Å². The van der Waals surface area contributed by atoms with Gasteiger partial charge in [0, 0.05) is 6.07 Å². The molecule has 2 rings (SSSR count). The highest BCUT2D eigenvalue weighted by molar-refractivity contribution is 7.89. The summed E-state index contributed by atoms with van der Waals surface area (Å²) in [5.74, 6) is 0.909. The zero-order valence-corrected chi connectivity index (χ0v) is 12.1. The quantitative estimate of drug-likeness (QED) is 0.847. The third-order valence-electron chi connectivity index (χ3n) is 2.81. The minimum atomic E-state index is -3.52. The van der Waals surface area contributed by atoms with Gasteiger partial charge in [-0.15, -0.1) is 0 Å². The van der Waals surface area contributed by atoms with Crippen molar-refractivity contribution in [3.63, 3.8) is 0 Å². The van der Waals surface area contributed by atoms with E-state index in [9.17, 15) is 8.42 Å². The smallest absolute Gasteiger partial charge is 0.240 e. The summed E-state index contributed by atoms with van der Waals surface area (Å²) in [6, 6.07) is 11.7. The first-order valence-corrected chi connectivity index (χ1v) is 7.48. The summed E-state index contributed by atoms with van der Waals surface area (Å²) in [4.78, 5) is 0.108. The van der Waals surface area contributed by atoms with Gasteiger partial charge in [0.1, 0.15) is 5.75 Å². The molecule has 0 saturated carbocycles. The molecule has 0 spiro atoms. The van der Waals surface area contributed by atoms with E-state index in [2.05, 4.69) is 4.72 Å². The summed E-state index contributed by atoms with van der Waals surface area (Å²) < 4.78 is 31.4. The average Bonchev–Trinajstić information content (AvgIpc) is 2.43. The Morgan fingerprint density at radius 2 is 1.75 bits per heavy atom. The van der Waals surface area contributed by atoms with Crippen LogP contribution >= 0.6 is 0 Å². The van der Waals surface area contributed by atoms with Gasteiger partial charge in [-0.05, 0) is 38.2 Å². The van der Waals surface area contributed by atoms with Crippen LogP contribution < -0.4 is 15.2 Å². The molecule has 0 amide bonds. The highest BCUT2D eigenvalue weighted by atomic mass is 32.2. The number of benzene rings is 2. The van der Waals surface area contributed by atoms with Gasteiger partial charge in [-0.1, -0.05) is 17.7 Å². The molecule has 0 bridgehead atoms. The van der Waals surface area contributed by atoms with Crippen LogP contribution in [-0.2, 0) is 10.0 Å². The Kier molecular flexibility index (Phi) is 3.96. The summed E-state index contributed by atoms with van der Waals surface area (Å²) in [6.07, 6.45) is 0. The van der Waals surface area contributed by atoms with Crippen molar-refractivity contribution in [2.24, 2.45) is 0 Å². The van der Waals surface area contributed by atoms with E-state index in [1.54, 1.807) is 12.1 Å². The predicted octanol–water partition coefficient (Wildman–Crippen LogP) is 2.28. The second kappa shape index (κ2) is 5.52. The number of ether oxygens (including phenoxy) is 1. The Balaban J connectivity index is 2.36. The number of hydrogen-bond acceptors (Lipinski definition) is 4. The molecule has 0 unspecified atom stereocenters. The molecule has 0 aliphatic rings. The van der Waals surface area contributed by atoms with Crippen LogP contribution in [0, 0.1) is 6.92 Å². The molecule has 0 atom stereocenters. The first-order valence-electron chi connectivity index (χ1n) is 6.00. The SMILES string of the molecule is CNS(=O)(=O)c1ccc(N)c(Oc2ccc(C)cc2)c1. The summed E-state index contributed by atoms with van der Waals surface area (Å²) in [5, 5.41) is 0. The number of nitrogens with two attached hydrogens (primary N) is 1. The molecule has 0 radical (unpaired) electrons. The van der Waals surface area contributed by atoms with Crippen LogP contribution in [0.1, 0.15) is 5.56 Å². The van der Waals surface area contributed by atoms with Crippen LogP contribution in [-0.4, -0.2) is 15.5 Å². The topological polar surface area (TPSA) is 81.4 Å². The van der Waals surface area contributed by atoms with Crippen LogP contribution in [0.4, 0.5) is 5.69 Å². The van der Waals surface area contributed by atoms with Gasteiger partial charge in [0.05, 0.1) is 10.6 Å². The van der Waals surface area contributed by atoms with E-state index in [1.807, 2.05) is 19.1 Å². The molecule has 0 fully saturated rings. The highest BCUT2D eigenvalue weighted by Gasteiger charge is 2.14. The summed E-state index contributed by atoms with van der Waals surface area (Å²) in [5.41, 5.74) is 7.30. The van der Waals surface area contributed by atoms with E-state index in [-0.39, 0.29) is 4.90 Å². The number of nitrogen functional groups attached to an aromatic ring is 1. The van der Waals surface area contributed by atoms with Gasteiger partial charge in [0.15, 0.2) is 5.75 Å². The Bertz CT molecular complexity index is 710. The fraction of sp³-hybridized carbons (Fsp3) is 0.143. The van der Waals surface area contributed by atoms with E-state index >= 15 is 0 Å². The lowest BCUT2D eigenvalue weighted by Crippen LogP contribution is -2.18. The van der Waals surface area contributed by atoms with Crippen molar-refractivity contribution in [3.05, 3.63) is 48.0 Å². The van der Waals surface area contributed by atoms with E-state index in [0.29, 0.717) is 17.2 Å². The molecule has 0 aliphatic carbocycles. The standard InChI is InChI=1S/C14H16N2O3S/c1-10-3-5-11(6-4-10)19-14-9-12(7-8-13(14)15)20(17,18)16-2/h3-9,16H,15H2,1-2H3. The molecule has 2 aromatic carbocycles. The Morgan fingerprint density at radius 1 is 1.10 bits per heavy atom. The summed E-state index contributed by atoms with van der Waals surface area (Å²) in [6.45, 7) is 1.97. The van der Waals surface area contributed by atoms with Crippen molar-refractivity contribution in [1.29, 1.82) is 0 Å². The molecule has 6 heteroatoms. The molecular formula is C14H16N2O3S. The minimum absolute atomic E-state index is 0.108. The third kappa shape index (κ3) is 3.09. The molecule has 0 aromatic heterocycles. The minimum Gasteiger partial charge on any atom is -0.455 e. The van der Waals surface area contributed by atoms with E-state index in [4.69, 9.17) is 10.5 Å². The number of anilines is 1. The van der Waals surface area contributed by atoms with Gasteiger partial charge >= 0.3 is 0 Å². The molecule has 2 aromatic rings. The van der Waals surface area contributed by atoms with Crippen LogP contribution in [0.15, 0.2) is 47.4 Å². The fourth-order valence-electron chi connectivity index (χ4n) is 1.62. The largest absolute Gasteiger partial charge is 0.455 e. The van der Waals surface area contributed by atoms with Crippen molar-refractivity contribution in [1.82, 2.24) is 4.72 Å². The van der Waals surface area contributed by atoms with Crippen LogP contribution in [0.5, 0.6) is 11.5 Å². The van der Waals surface area contributed by atoms with Crippen LogP contribution in [0.25, 0.3) is 0 Å². The van der Waals surface area contributed by atoms with Gasteiger partial charge in [0.2, 0.25) is 10.0 Å². The predicted molar refractivity (Wildman–Crippen MR) is 78.4 cm³/mol. The van der Waals surface area contributed by atoms with Gasteiger partial charge in [0.25, 0.3) is 0 Å². The number of aryl methyl sites for hydroxylation is 1. The zero-order chi connectivity index (χ0) is 14.8. The Morgan fingerprint density at radius 3 is 2.35 bits per heavy atom. The second-order valence-corrected chi connectivity index (χ2v) is 6.21. The van der Waals surface area contributed by atoms with Crippen LogP contribution in [0.2, 0.25) is 0 Å². The van der Waals surface area contributed by atoms with E-state index in [0.717, 1.165) is 5.56 Å². The fourth-order valence-corrected chi connectivity index (χ4v) is 2.37. The maximum Gasteiger partial charge on any atom is 0.240 e. The molecule has 0 aliphatic heterocycles. The number of nitrogens with one attached hydrogen (secondary N) is 1. The molecule has 0 heterocycles. The number of rotatable bonds is 4. The lowest BCUT2D eigenvalue weighted by molar-refractivity contribution is 0.483. The lowest BCUT2D eigenvalue weighted by atomic mass is 10.2. The van der Waals surface area contributed by atoms with Gasteiger partial charge in [-0.3, -0.25) is 0 Å². The van der Waals surface area contributed by atoms with Crippen molar-refractivity contribution in [2.75, 3.05) is 12.8 Å². The van der Waals surface area contributed by atoms with Crippen LogP contribution in [0.3, 0.4) is 0 Å². The first kappa shape index (κ1) is 14.4. The number of sulfonamides is 1. The molecule has 5 nitrogen and oxygen atoms in total. The zero-order valence-electron chi connectivity index (χ0n) is 11.3. The third-order valence-corrected chi connectivity index (χ3v) is 4.22. The average molecular weight is 292 g/mol. The first-order chi connectivity index (χ1) is 9.42. The molecule has 20 heavy (non-hydrogen) atoms. The highest BCUT2D eigenvalue weighted by Crippen LogP contribution is 2.29. The monoisotopic (exact) mass is 292 g/mol. The van der Waals surface area contributed by atoms with Crippen molar-refractivity contribution in [3.8, 4) is 11.5 Å². The number of hydrogen-bond donors (Lipinski definition) is 2. The lowest BCUT2D eigenvalue weighted by Gasteiger charge is -2.10. The van der Waals surface area contributed by atoms with Crippen molar-refractivity contribution >= 4 is 15.7 Å². The van der Waals surface area contributed by atoms with E-state index in [1.165, 1.54) is 25.2 Å². The van der Waals surface area contributed by atoms with Crippen molar-refractivity contribution in [2.45, 2.75) is 11.8 Å². The Hall–Kier alpha value is -2.05. The normalized spacial score (nSPS) is 11.3. The maximum atomic E-state index is 11.8. The maximum absolute atomic E-state index is 11.8. The summed E-state index contributed by atoms with van der Waals surface area (Å²) >= 11 is 0. The van der Waals surface area contributed by atoms with Crippen molar-refractivity contribution < 1.29 is 13.2 Å². The second-order valence-electron chi connectivity index (χ2n) is 4.32. The molecule has 0 saturated heterocycles. The molecular weight excluding hydrogens is 276 g/mol. The molecule has 3 N–H and O–H groups in total. The van der Waals surface area contributed by atoms with Gasteiger partial charge in [-0.25, -0.2) is 13.1 Å². The summed E-state index contributed by atoms with van der Waals surface area (Å²) in [7, 11) is -2.17.